The van der Waals surface area contributed by atoms with E-state index in [0.29, 0.717) is 6.04 Å². The standard InChI is InChI=1S/C15H23N5.HI/c1-4-11(2)18-15(16-3)17-10-9-14-19-12-7-5-6-8-13(12)20-14;/h5-8,11H,4,9-10H2,1-3H3,(H,19,20)(H2,16,17,18);1H. The van der Waals surface area contributed by atoms with Crippen LogP contribution in [-0.2, 0) is 6.42 Å². The zero-order chi connectivity index (χ0) is 14.4. The van der Waals surface area contributed by atoms with Crippen molar-refractivity contribution in [2.75, 3.05) is 13.6 Å². The molecule has 2 aromatic rings. The number of aromatic amines is 1. The molecule has 6 heteroatoms. The summed E-state index contributed by atoms with van der Waals surface area (Å²) in [6, 6.07) is 8.51. The van der Waals surface area contributed by atoms with Gasteiger partial charge in [-0.25, -0.2) is 4.98 Å². The first-order chi connectivity index (χ1) is 9.72. The molecule has 0 amide bonds. The van der Waals surface area contributed by atoms with Gasteiger partial charge in [0.2, 0.25) is 0 Å². The summed E-state index contributed by atoms with van der Waals surface area (Å²) in [4.78, 5) is 12.1. The topological polar surface area (TPSA) is 65.1 Å². The van der Waals surface area contributed by atoms with Crippen LogP contribution in [0.15, 0.2) is 29.3 Å². The predicted molar refractivity (Wildman–Crippen MR) is 99.5 cm³/mol. The van der Waals surface area contributed by atoms with Crippen LogP contribution in [0.3, 0.4) is 0 Å². The summed E-state index contributed by atoms with van der Waals surface area (Å²) < 4.78 is 0. The first-order valence-electron chi connectivity index (χ1n) is 7.13. The number of para-hydroxylation sites is 2. The number of H-pyrrole nitrogens is 1. The summed E-state index contributed by atoms with van der Waals surface area (Å²) in [5.74, 6) is 1.84. The fraction of sp³-hybridized carbons (Fsp3) is 0.467. The molecular formula is C15H24IN5. The molecular weight excluding hydrogens is 377 g/mol. The highest BCUT2D eigenvalue weighted by atomic mass is 127. The van der Waals surface area contributed by atoms with Gasteiger partial charge in [-0.05, 0) is 25.5 Å². The van der Waals surface area contributed by atoms with Gasteiger partial charge in [-0.3, -0.25) is 4.99 Å². The molecule has 1 heterocycles. The number of imidazole rings is 1. The van der Waals surface area contributed by atoms with Crippen LogP contribution >= 0.6 is 24.0 Å². The van der Waals surface area contributed by atoms with Crippen molar-refractivity contribution in [3.63, 3.8) is 0 Å². The monoisotopic (exact) mass is 401 g/mol. The number of hydrogen-bond donors (Lipinski definition) is 3. The largest absolute Gasteiger partial charge is 0.356 e. The minimum absolute atomic E-state index is 0. The van der Waals surface area contributed by atoms with Gasteiger partial charge in [-0.15, -0.1) is 24.0 Å². The third-order valence-electron chi connectivity index (χ3n) is 3.31. The Balaban J connectivity index is 0.00000220. The van der Waals surface area contributed by atoms with Crippen molar-refractivity contribution in [2.45, 2.75) is 32.7 Å². The first-order valence-corrected chi connectivity index (χ1v) is 7.13. The van der Waals surface area contributed by atoms with Gasteiger partial charge in [0.05, 0.1) is 11.0 Å². The minimum atomic E-state index is 0. The molecule has 0 aliphatic heterocycles. The Hall–Kier alpha value is -1.31. The van der Waals surface area contributed by atoms with Gasteiger partial charge in [0.15, 0.2) is 5.96 Å². The zero-order valence-corrected chi connectivity index (χ0v) is 15.1. The molecule has 3 N–H and O–H groups in total. The van der Waals surface area contributed by atoms with Crippen molar-refractivity contribution in [1.82, 2.24) is 20.6 Å². The first kappa shape index (κ1) is 17.7. The maximum Gasteiger partial charge on any atom is 0.191 e. The number of benzene rings is 1. The van der Waals surface area contributed by atoms with Gasteiger partial charge >= 0.3 is 0 Å². The Labute approximate surface area is 143 Å². The lowest BCUT2D eigenvalue weighted by molar-refractivity contribution is 0.623. The highest BCUT2D eigenvalue weighted by Crippen LogP contribution is 2.10. The Morgan fingerprint density at radius 3 is 2.81 bits per heavy atom. The Kier molecular flexibility index (Phi) is 7.49. The van der Waals surface area contributed by atoms with Gasteiger partial charge in [-0.2, -0.15) is 0 Å². The number of aromatic nitrogens is 2. The quantitative estimate of drug-likeness (QED) is 0.410. The second-order valence-electron chi connectivity index (χ2n) is 4.90. The van der Waals surface area contributed by atoms with Crippen LogP contribution in [0.5, 0.6) is 0 Å². The molecule has 1 aromatic carbocycles. The lowest BCUT2D eigenvalue weighted by atomic mass is 10.3. The Morgan fingerprint density at radius 1 is 1.38 bits per heavy atom. The molecule has 0 fully saturated rings. The molecule has 1 atom stereocenters. The number of nitrogens with one attached hydrogen (secondary N) is 3. The number of aliphatic imine (C=N–C) groups is 1. The van der Waals surface area contributed by atoms with Crippen molar-refractivity contribution >= 4 is 41.0 Å². The van der Waals surface area contributed by atoms with E-state index in [2.05, 4.69) is 39.4 Å². The maximum atomic E-state index is 4.56. The molecule has 5 nitrogen and oxygen atoms in total. The molecule has 0 saturated heterocycles. The molecule has 0 bridgehead atoms. The lowest BCUT2D eigenvalue weighted by Crippen LogP contribution is -2.42. The summed E-state index contributed by atoms with van der Waals surface area (Å²) in [7, 11) is 1.79. The van der Waals surface area contributed by atoms with Crippen LogP contribution < -0.4 is 10.6 Å². The Bertz CT molecular complexity index is 545. The summed E-state index contributed by atoms with van der Waals surface area (Å²) in [6.45, 7) is 5.10. The van der Waals surface area contributed by atoms with E-state index >= 15 is 0 Å². The molecule has 0 saturated carbocycles. The molecule has 116 valence electrons. The lowest BCUT2D eigenvalue weighted by Gasteiger charge is -2.15. The summed E-state index contributed by atoms with van der Waals surface area (Å²) in [5, 5.41) is 6.64. The number of nitrogens with zero attached hydrogens (tertiary/aromatic N) is 2. The van der Waals surface area contributed by atoms with E-state index in [9.17, 15) is 0 Å². The summed E-state index contributed by atoms with van der Waals surface area (Å²) >= 11 is 0. The van der Waals surface area contributed by atoms with Crippen molar-refractivity contribution in [1.29, 1.82) is 0 Å². The highest BCUT2D eigenvalue weighted by molar-refractivity contribution is 14.0. The van der Waals surface area contributed by atoms with E-state index in [0.717, 1.165) is 42.2 Å². The molecule has 1 aromatic heterocycles. The van der Waals surface area contributed by atoms with Gasteiger partial charge in [-0.1, -0.05) is 19.1 Å². The van der Waals surface area contributed by atoms with Crippen LogP contribution in [0.2, 0.25) is 0 Å². The van der Waals surface area contributed by atoms with Crippen LogP contribution in [0.1, 0.15) is 26.1 Å². The third-order valence-corrected chi connectivity index (χ3v) is 3.31. The molecule has 21 heavy (non-hydrogen) atoms. The number of guanidine groups is 1. The van der Waals surface area contributed by atoms with Crippen molar-refractivity contribution < 1.29 is 0 Å². The predicted octanol–water partition coefficient (Wildman–Crippen LogP) is 2.69. The van der Waals surface area contributed by atoms with Crippen molar-refractivity contribution in [2.24, 2.45) is 4.99 Å². The average molecular weight is 401 g/mol. The summed E-state index contributed by atoms with van der Waals surface area (Å²) in [5.41, 5.74) is 2.11. The maximum absolute atomic E-state index is 4.56. The highest BCUT2D eigenvalue weighted by Gasteiger charge is 2.04. The fourth-order valence-corrected chi connectivity index (χ4v) is 1.95. The molecule has 1 unspecified atom stereocenters. The fourth-order valence-electron chi connectivity index (χ4n) is 1.95. The minimum Gasteiger partial charge on any atom is -0.356 e. The van der Waals surface area contributed by atoms with Gasteiger partial charge < -0.3 is 15.6 Å². The number of rotatable bonds is 5. The van der Waals surface area contributed by atoms with Gasteiger partial charge in [0.1, 0.15) is 5.82 Å². The van der Waals surface area contributed by atoms with E-state index in [1.54, 1.807) is 7.05 Å². The van der Waals surface area contributed by atoms with E-state index < -0.39 is 0 Å². The van der Waals surface area contributed by atoms with Gasteiger partial charge in [0, 0.05) is 26.1 Å². The van der Waals surface area contributed by atoms with E-state index in [-0.39, 0.29) is 24.0 Å². The summed E-state index contributed by atoms with van der Waals surface area (Å²) in [6.07, 6.45) is 1.92. The second kappa shape index (κ2) is 8.86. The van der Waals surface area contributed by atoms with Crippen LogP contribution in [-0.4, -0.2) is 35.6 Å². The van der Waals surface area contributed by atoms with E-state index in [1.165, 1.54) is 0 Å². The molecule has 0 aliphatic rings. The van der Waals surface area contributed by atoms with E-state index in [1.807, 2.05) is 24.3 Å². The van der Waals surface area contributed by atoms with Crippen molar-refractivity contribution in [3.8, 4) is 0 Å². The average Bonchev–Trinajstić information content (AvgIpc) is 2.88. The number of fused-ring (bicyclic) bond motifs is 1. The second-order valence-corrected chi connectivity index (χ2v) is 4.90. The van der Waals surface area contributed by atoms with Crippen LogP contribution in [0.4, 0.5) is 0 Å². The molecule has 0 spiro atoms. The van der Waals surface area contributed by atoms with E-state index in [4.69, 9.17) is 0 Å². The molecule has 0 aliphatic carbocycles. The SMILES string of the molecule is CCC(C)NC(=NC)NCCc1nc2ccccc2[nH]1.I. The zero-order valence-electron chi connectivity index (χ0n) is 12.8. The van der Waals surface area contributed by atoms with Crippen LogP contribution in [0.25, 0.3) is 11.0 Å². The normalized spacial score (nSPS) is 12.8. The Morgan fingerprint density at radius 2 is 2.14 bits per heavy atom. The van der Waals surface area contributed by atoms with Crippen molar-refractivity contribution in [3.05, 3.63) is 30.1 Å². The van der Waals surface area contributed by atoms with Gasteiger partial charge in [0.25, 0.3) is 0 Å². The third kappa shape index (κ3) is 5.18. The number of halogens is 1. The molecule has 2 rings (SSSR count). The van der Waals surface area contributed by atoms with Crippen LogP contribution in [0, 0.1) is 0 Å². The smallest absolute Gasteiger partial charge is 0.191 e. The molecule has 0 radical (unpaired) electrons. The number of hydrogen-bond acceptors (Lipinski definition) is 2.